The summed E-state index contributed by atoms with van der Waals surface area (Å²) in [6.07, 6.45) is 0. The van der Waals surface area contributed by atoms with Crippen LogP contribution in [0.2, 0.25) is 0 Å². The molecule has 0 aliphatic carbocycles. The lowest BCUT2D eigenvalue weighted by Crippen LogP contribution is -2.36. The minimum atomic E-state index is -0.705. The average Bonchev–Trinajstić information content (AvgIpc) is 3.11. The molecule has 0 aliphatic heterocycles. The van der Waals surface area contributed by atoms with Crippen LogP contribution in [0.15, 0.2) is 52.9 Å². The van der Waals surface area contributed by atoms with E-state index in [0.29, 0.717) is 0 Å². The van der Waals surface area contributed by atoms with Gasteiger partial charge in [0.05, 0.1) is 0 Å². The van der Waals surface area contributed by atoms with Crippen molar-refractivity contribution in [3.63, 3.8) is 0 Å². The molecular weight excluding hydrogens is 317 g/mol. The highest BCUT2D eigenvalue weighted by atomic mass is 35.5. The van der Waals surface area contributed by atoms with E-state index in [1.807, 2.05) is 49.1 Å². The van der Waals surface area contributed by atoms with Gasteiger partial charge in [-0.3, -0.25) is 4.90 Å². The maximum absolute atomic E-state index is 5.79. The SMILES string of the molecule is CCN(CC)C(C)(Cl)Cl.c1ccc(-c2cc3ccc2o3)cc1. The molecule has 0 atom stereocenters. The Bertz CT molecular complexity index is 669. The van der Waals surface area contributed by atoms with E-state index in [-0.39, 0.29) is 0 Å². The van der Waals surface area contributed by atoms with Crippen molar-refractivity contribution >= 4 is 34.4 Å². The predicted octanol–water partition coefficient (Wildman–Crippen LogP) is 6.02. The number of halogens is 2. The van der Waals surface area contributed by atoms with Crippen LogP contribution in [-0.4, -0.2) is 22.4 Å². The predicted molar refractivity (Wildman–Crippen MR) is 95.9 cm³/mol. The fraction of sp³-hybridized carbons (Fsp3) is 0.333. The monoisotopic (exact) mass is 337 g/mol. The summed E-state index contributed by atoms with van der Waals surface area (Å²) in [4.78, 5) is 1.97. The second kappa shape index (κ2) is 7.36. The molecule has 4 heteroatoms. The Labute approximate surface area is 142 Å². The number of rotatable bonds is 4. The molecule has 2 nitrogen and oxygen atoms in total. The molecule has 2 heterocycles. The molecule has 1 aromatic carbocycles. The van der Waals surface area contributed by atoms with Crippen molar-refractivity contribution in [2.75, 3.05) is 13.1 Å². The molecule has 0 fully saturated rings. The van der Waals surface area contributed by atoms with Crippen LogP contribution in [0.3, 0.4) is 0 Å². The van der Waals surface area contributed by atoms with E-state index in [1.54, 1.807) is 6.92 Å². The van der Waals surface area contributed by atoms with E-state index in [1.165, 1.54) is 11.1 Å². The third-order valence-corrected chi connectivity index (χ3v) is 4.06. The van der Waals surface area contributed by atoms with E-state index >= 15 is 0 Å². The largest absolute Gasteiger partial charge is 0.457 e. The minimum absolute atomic E-state index is 0.705. The minimum Gasteiger partial charge on any atom is -0.457 e. The van der Waals surface area contributed by atoms with Crippen LogP contribution >= 0.6 is 23.2 Å². The third-order valence-electron chi connectivity index (χ3n) is 3.58. The second-order valence-corrected chi connectivity index (χ2v) is 6.81. The van der Waals surface area contributed by atoms with Crippen molar-refractivity contribution in [3.05, 3.63) is 48.5 Å². The molecule has 3 rings (SSSR count). The van der Waals surface area contributed by atoms with Gasteiger partial charge in [-0.15, -0.1) is 0 Å². The summed E-state index contributed by atoms with van der Waals surface area (Å²) < 4.78 is 4.76. The van der Waals surface area contributed by atoms with Gasteiger partial charge in [0.2, 0.25) is 0 Å². The molecule has 0 aliphatic rings. The van der Waals surface area contributed by atoms with Crippen LogP contribution in [-0.2, 0) is 0 Å². The molecule has 0 saturated heterocycles. The smallest absolute Gasteiger partial charge is 0.168 e. The Morgan fingerprint density at radius 2 is 1.64 bits per heavy atom. The van der Waals surface area contributed by atoms with Gasteiger partial charge in [0.1, 0.15) is 11.2 Å². The maximum atomic E-state index is 5.79. The van der Waals surface area contributed by atoms with Gasteiger partial charge in [-0.1, -0.05) is 67.4 Å². The van der Waals surface area contributed by atoms with Crippen molar-refractivity contribution in [1.82, 2.24) is 4.90 Å². The van der Waals surface area contributed by atoms with Crippen molar-refractivity contribution in [3.8, 4) is 11.1 Å². The van der Waals surface area contributed by atoms with E-state index in [0.717, 1.165) is 24.3 Å². The van der Waals surface area contributed by atoms with Crippen LogP contribution in [0.4, 0.5) is 0 Å². The highest BCUT2D eigenvalue weighted by Gasteiger charge is 2.22. The Morgan fingerprint density at radius 3 is 2.00 bits per heavy atom. The lowest BCUT2D eigenvalue weighted by molar-refractivity contribution is 0.262. The topological polar surface area (TPSA) is 16.4 Å². The van der Waals surface area contributed by atoms with E-state index in [2.05, 4.69) is 18.2 Å². The average molecular weight is 338 g/mol. The number of alkyl halides is 2. The molecule has 2 aromatic heterocycles. The third kappa shape index (κ3) is 4.16. The number of nitrogens with zero attached hydrogens (tertiary/aromatic N) is 1. The first-order valence-electron chi connectivity index (χ1n) is 7.46. The zero-order chi connectivity index (χ0) is 16.2. The molecule has 3 aromatic rings. The lowest BCUT2D eigenvalue weighted by atomic mass is 10.1. The lowest BCUT2D eigenvalue weighted by Gasteiger charge is -2.28. The molecule has 0 radical (unpaired) electrons. The van der Waals surface area contributed by atoms with E-state index in [4.69, 9.17) is 27.6 Å². The number of hydrogen-bond donors (Lipinski definition) is 0. The van der Waals surface area contributed by atoms with Crippen molar-refractivity contribution < 1.29 is 4.42 Å². The number of fused-ring (bicyclic) bond motifs is 2. The van der Waals surface area contributed by atoms with Crippen LogP contribution in [0, 0.1) is 0 Å². The number of hydrogen-bond acceptors (Lipinski definition) is 2. The van der Waals surface area contributed by atoms with Crippen molar-refractivity contribution in [2.24, 2.45) is 0 Å². The quantitative estimate of drug-likeness (QED) is 0.427. The molecule has 0 spiro atoms. The van der Waals surface area contributed by atoms with Crippen molar-refractivity contribution in [1.29, 1.82) is 0 Å². The Kier molecular flexibility index (Phi) is 5.74. The fourth-order valence-electron chi connectivity index (χ4n) is 2.41. The summed E-state index contributed by atoms with van der Waals surface area (Å²) in [6, 6.07) is 16.4. The zero-order valence-electron chi connectivity index (χ0n) is 13.1. The van der Waals surface area contributed by atoms with Crippen LogP contribution in [0.1, 0.15) is 20.8 Å². The van der Waals surface area contributed by atoms with Gasteiger partial charge in [-0.05, 0) is 43.8 Å². The summed E-state index contributed by atoms with van der Waals surface area (Å²) in [7, 11) is 0. The Hall–Kier alpha value is -1.22. The van der Waals surface area contributed by atoms with E-state index in [9.17, 15) is 0 Å². The number of furan rings is 2. The highest BCUT2D eigenvalue weighted by Crippen LogP contribution is 2.30. The van der Waals surface area contributed by atoms with Crippen LogP contribution in [0.5, 0.6) is 0 Å². The van der Waals surface area contributed by atoms with Crippen molar-refractivity contribution in [2.45, 2.75) is 25.2 Å². The first-order chi connectivity index (χ1) is 10.5. The summed E-state index contributed by atoms with van der Waals surface area (Å²) in [5, 5.41) is 0. The first kappa shape index (κ1) is 17.1. The normalized spacial score (nSPS) is 11.7. The van der Waals surface area contributed by atoms with Crippen LogP contribution in [0.25, 0.3) is 22.3 Å². The molecule has 22 heavy (non-hydrogen) atoms. The summed E-state index contributed by atoms with van der Waals surface area (Å²) in [5.41, 5.74) is 4.34. The summed E-state index contributed by atoms with van der Waals surface area (Å²) in [6.45, 7) is 7.63. The van der Waals surface area contributed by atoms with Gasteiger partial charge < -0.3 is 4.42 Å². The summed E-state index contributed by atoms with van der Waals surface area (Å²) >= 11 is 11.6. The molecule has 0 unspecified atom stereocenters. The fourth-order valence-corrected chi connectivity index (χ4v) is 2.89. The first-order valence-corrected chi connectivity index (χ1v) is 8.21. The molecule has 0 saturated carbocycles. The molecule has 0 N–H and O–H groups in total. The zero-order valence-corrected chi connectivity index (χ0v) is 14.7. The molecule has 2 bridgehead atoms. The summed E-state index contributed by atoms with van der Waals surface area (Å²) in [5.74, 6) is 0. The standard InChI is InChI=1S/C12H8O.C6H13Cl2N/c1-2-4-9(5-3-1)11-8-10-6-7-12(11)13-10;1-4-9(5-2)6(3,7)8/h1-8H;4-5H2,1-3H3. The van der Waals surface area contributed by atoms with Gasteiger partial charge in [0, 0.05) is 5.56 Å². The van der Waals surface area contributed by atoms with Gasteiger partial charge in [0.15, 0.2) is 4.46 Å². The molecular formula is C18H21Cl2NO. The van der Waals surface area contributed by atoms with Gasteiger partial charge in [-0.25, -0.2) is 0 Å². The Balaban J connectivity index is 0.000000175. The van der Waals surface area contributed by atoms with Gasteiger partial charge in [-0.2, -0.15) is 0 Å². The van der Waals surface area contributed by atoms with Crippen LogP contribution < -0.4 is 0 Å². The highest BCUT2D eigenvalue weighted by molar-refractivity contribution is 6.47. The van der Waals surface area contributed by atoms with E-state index < -0.39 is 4.46 Å². The Morgan fingerprint density at radius 1 is 1.00 bits per heavy atom. The van der Waals surface area contributed by atoms with Gasteiger partial charge in [0.25, 0.3) is 0 Å². The second-order valence-electron chi connectivity index (χ2n) is 5.14. The number of benzene rings is 2. The van der Waals surface area contributed by atoms with Gasteiger partial charge >= 0.3 is 0 Å². The molecule has 0 amide bonds. The maximum Gasteiger partial charge on any atom is 0.168 e. The molecule has 118 valence electrons.